The minimum atomic E-state index is -0.497. The lowest BCUT2D eigenvalue weighted by Crippen LogP contribution is -2.32. The van der Waals surface area contributed by atoms with Crippen molar-refractivity contribution in [1.29, 1.82) is 0 Å². The lowest BCUT2D eigenvalue weighted by atomic mass is 10.1. The van der Waals surface area contributed by atoms with Gasteiger partial charge in [0.05, 0.1) is 0 Å². The number of amidine groups is 2. The normalized spacial score (nSPS) is 11.6. The third-order valence-electron chi connectivity index (χ3n) is 4.49. The quantitative estimate of drug-likeness (QED) is 0.126. The summed E-state index contributed by atoms with van der Waals surface area (Å²) in [4.78, 5) is 40.5. The molecule has 4 N–H and O–H groups in total. The molecule has 0 bridgehead atoms. The Kier molecular flexibility index (Phi) is 20.0. The van der Waals surface area contributed by atoms with Gasteiger partial charge in [0, 0.05) is 26.2 Å². The molecule has 10 nitrogen and oxygen atoms in total. The topological polar surface area (TPSA) is 125 Å². The number of carbonyl (C=O) groups excluding carboxylic acids is 2. The average molecular weight is 457 g/mol. The van der Waals surface area contributed by atoms with Crippen LogP contribution in [0.5, 0.6) is 0 Å². The Morgan fingerprint density at radius 2 is 0.906 bits per heavy atom. The molecule has 0 aliphatic rings. The number of hydrogen-bond acceptors (Lipinski definition) is 6. The van der Waals surface area contributed by atoms with Crippen LogP contribution in [0.2, 0.25) is 0 Å². The molecule has 0 heterocycles. The van der Waals surface area contributed by atoms with Crippen LogP contribution in [0.25, 0.3) is 0 Å². The van der Waals surface area contributed by atoms with Crippen molar-refractivity contribution in [3.05, 3.63) is 0 Å². The van der Waals surface area contributed by atoms with E-state index in [0.29, 0.717) is 24.8 Å². The molecule has 0 spiro atoms. The number of hydrogen-bond donors (Lipinski definition) is 4. The maximum atomic E-state index is 11.1. The minimum Gasteiger partial charge on any atom is -0.323 e. The van der Waals surface area contributed by atoms with E-state index in [1.165, 1.54) is 51.4 Å². The third-order valence-corrected chi connectivity index (χ3v) is 4.49. The number of amides is 2. The fraction of sp³-hybridized carbons (Fsp3) is 0.818. The second-order valence-corrected chi connectivity index (χ2v) is 7.51. The van der Waals surface area contributed by atoms with Gasteiger partial charge in [0.25, 0.3) is 0 Å². The molecule has 0 unspecified atom stereocenters. The first-order valence-corrected chi connectivity index (χ1v) is 11.9. The van der Waals surface area contributed by atoms with Crippen molar-refractivity contribution < 1.29 is 19.3 Å². The van der Waals surface area contributed by atoms with Crippen molar-refractivity contribution in [2.45, 2.75) is 91.9 Å². The second-order valence-electron chi connectivity index (χ2n) is 7.51. The van der Waals surface area contributed by atoms with Crippen molar-refractivity contribution in [2.24, 2.45) is 9.98 Å². The van der Waals surface area contributed by atoms with Gasteiger partial charge in [-0.1, -0.05) is 51.4 Å². The molecular weight excluding hydrogens is 412 g/mol. The van der Waals surface area contributed by atoms with E-state index in [1.807, 2.05) is 13.8 Å². The van der Waals surface area contributed by atoms with Gasteiger partial charge < -0.3 is 20.3 Å². The number of unbranched alkanes of at least 4 members (excludes halogenated alkanes) is 9. The molecule has 10 heteroatoms. The molecule has 0 saturated heterocycles. The van der Waals surface area contributed by atoms with Crippen LogP contribution in [0.4, 0.5) is 9.59 Å². The van der Waals surface area contributed by atoms with E-state index < -0.39 is 12.2 Å². The number of hydroxylamine groups is 2. The van der Waals surface area contributed by atoms with Crippen molar-refractivity contribution in [2.75, 3.05) is 26.2 Å². The van der Waals surface area contributed by atoms with E-state index >= 15 is 0 Å². The van der Waals surface area contributed by atoms with Crippen LogP contribution in [-0.4, -0.2) is 50.0 Å². The minimum absolute atomic E-state index is 0.497. The number of nitrogens with zero attached hydrogens (tertiary/aromatic N) is 2. The highest BCUT2D eigenvalue weighted by Crippen LogP contribution is 2.10. The van der Waals surface area contributed by atoms with Crippen molar-refractivity contribution in [1.82, 2.24) is 21.6 Å². The van der Waals surface area contributed by atoms with Gasteiger partial charge in [0.2, 0.25) is 0 Å². The first-order valence-electron chi connectivity index (χ1n) is 11.9. The lowest BCUT2D eigenvalue weighted by molar-refractivity contribution is 0.119. The number of rotatable bonds is 15. The Hall–Kier alpha value is -2.52. The number of aliphatic imine (C=N–C) groups is 2. The highest BCUT2D eigenvalue weighted by molar-refractivity contribution is 5.80. The highest BCUT2D eigenvalue weighted by Gasteiger charge is 2.00. The van der Waals surface area contributed by atoms with Crippen LogP contribution in [0, 0.1) is 0 Å². The molecule has 0 atom stereocenters. The predicted octanol–water partition coefficient (Wildman–Crippen LogP) is 4.23. The molecule has 0 fully saturated rings. The Morgan fingerprint density at radius 3 is 1.22 bits per heavy atom. The second kappa shape index (κ2) is 21.7. The van der Waals surface area contributed by atoms with Gasteiger partial charge in [-0.25, -0.2) is 20.5 Å². The molecule has 32 heavy (non-hydrogen) atoms. The van der Waals surface area contributed by atoms with Crippen LogP contribution in [0.3, 0.4) is 0 Å². The Bertz CT molecular complexity index is 507. The van der Waals surface area contributed by atoms with Gasteiger partial charge in [-0.15, -0.1) is 0 Å². The fourth-order valence-electron chi connectivity index (χ4n) is 2.80. The first-order chi connectivity index (χ1) is 15.5. The van der Waals surface area contributed by atoms with Crippen LogP contribution in [-0.2, 0) is 9.68 Å². The third kappa shape index (κ3) is 20.7. The lowest BCUT2D eigenvalue weighted by Gasteiger charge is -2.06. The molecule has 186 valence electrons. The summed E-state index contributed by atoms with van der Waals surface area (Å²) in [6, 6.07) is 0. The summed E-state index contributed by atoms with van der Waals surface area (Å²) in [6.45, 7) is 9.77. The van der Waals surface area contributed by atoms with E-state index in [2.05, 4.69) is 31.6 Å². The van der Waals surface area contributed by atoms with Crippen molar-refractivity contribution in [3.8, 4) is 0 Å². The summed E-state index contributed by atoms with van der Waals surface area (Å²) in [5, 5.41) is 5.06. The molecule has 0 aromatic rings. The predicted molar refractivity (Wildman–Crippen MR) is 129 cm³/mol. The zero-order valence-corrected chi connectivity index (χ0v) is 20.4. The number of carbonyl (C=O) groups is 2. The summed E-state index contributed by atoms with van der Waals surface area (Å²) in [5.74, 6) is 1.22. The van der Waals surface area contributed by atoms with Gasteiger partial charge in [0.1, 0.15) is 11.7 Å². The summed E-state index contributed by atoms with van der Waals surface area (Å²) in [6.07, 6.45) is 11.0. The summed E-state index contributed by atoms with van der Waals surface area (Å²) < 4.78 is 0. The highest BCUT2D eigenvalue weighted by atomic mass is 16.7. The van der Waals surface area contributed by atoms with Crippen molar-refractivity contribution in [3.63, 3.8) is 0 Å². The average Bonchev–Trinajstić information content (AvgIpc) is 2.77. The number of nitrogens with one attached hydrogen (secondary N) is 4. The largest absolute Gasteiger partial charge is 0.431 e. The maximum absolute atomic E-state index is 11.1. The van der Waals surface area contributed by atoms with E-state index in [1.54, 1.807) is 13.8 Å². The molecule has 0 aromatic carbocycles. The molecule has 0 rings (SSSR count). The van der Waals surface area contributed by atoms with Gasteiger partial charge in [-0.3, -0.25) is 9.98 Å². The van der Waals surface area contributed by atoms with E-state index in [9.17, 15) is 9.59 Å². The monoisotopic (exact) mass is 456 g/mol. The van der Waals surface area contributed by atoms with E-state index in [0.717, 1.165) is 25.9 Å². The molecule has 0 aliphatic heterocycles. The van der Waals surface area contributed by atoms with Gasteiger partial charge >= 0.3 is 12.2 Å². The van der Waals surface area contributed by atoms with Crippen LogP contribution < -0.4 is 21.6 Å². The molecule has 2 amide bonds. The SMILES string of the molecule is CCNC(=O)ONC(C)=NCCCCCCCCCCCCN=C(C)NOC(=O)NCC. The van der Waals surface area contributed by atoms with Gasteiger partial charge in [-0.2, -0.15) is 0 Å². The molecule has 0 saturated carbocycles. The smallest absolute Gasteiger partial charge is 0.323 e. The van der Waals surface area contributed by atoms with Gasteiger partial charge in [0.15, 0.2) is 0 Å². The van der Waals surface area contributed by atoms with E-state index in [-0.39, 0.29) is 0 Å². The zero-order chi connectivity index (χ0) is 23.9. The van der Waals surface area contributed by atoms with Crippen LogP contribution in [0.15, 0.2) is 9.98 Å². The Balaban J connectivity index is 3.42. The van der Waals surface area contributed by atoms with Crippen molar-refractivity contribution >= 4 is 23.9 Å². The summed E-state index contributed by atoms with van der Waals surface area (Å²) in [7, 11) is 0. The Morgan fingerprint density at radius 1 is 0.594 bits per heavy atom. The van der Waals surface area contributed by atoms with E-state index in [4.69, 9.17) is 9.68 Å². The standard InChI is InChI=1S/C22H44N6O4/c1-5-23-21(29)31-27-19(3)25-17-15-13-11-9-7-8-10-12-14-16-18-26-20(4)28-32-22(30)24-6-2/h5-18H2,1-4H3,(H,23,29)(H,24,30)(H,25,27)(H,26,28). The molecular formula is C22H44N6O4. The fourth-order valence-corrected chi connectivity index (χ4v) is 2.80. The maximum Gasteiger partial charge on any atom is 0.431 e. The first kappa shape index (κ1) is 29.5. The summed E-state index contributed by atoms with van der Waals surface area (Å²) in [5.41, 5.74) is 5.07. The van der Waals surface area contributed by atoms with Crippen LogP contribution in [0.1, 0.15) is 91.9 Å². The van der Waals surface area contributed by atoms with Gasteiger partial charge in [-0.05, 0) is 40.5 Å². The zero-order valence-electron chi connectivity index (χ0n) is 20.4. The van der Waals surface area contributed by atoms with Crippen LogP contribution >= 0.6 is 0 Å². The molecule has 0 aromatic heterocycles. The summed E-state index contributed by atoms with van der Waals surface area (Å²) >= 11 is 0. The molecule has 0 aliphatic carbocycles. The Labute approximate surface area is 193 Å². The molecule has 0 radical (unpaired) electrons.